The fourth-order valence-corrected chi connectivity index (χ4v) is 6.19. The Morgan fingerprint density at radius 3 is 2.55 bits per heavy atom. The highest BCUT2D eigenvalue weighted by Gasteiger charge is 2.43. The van der Waals surface area contributed by atoms with Crippen molar-refractivity contribution in [2.45, 2.75) is 36.0 Å². The zero-order valence-corrected chi connectivity index (χ0v) is 19.8. The Hall–Kier alpha value is -2.31. The molecule has 1 saturated heterocycles. The molecule has 0 saturated carbocycles. The maximum Gasteiger partial charge on any atom is 0.417 e. The van der Waals surface area contributed by atoms with Gasteiger partial charge in [0.05, 0.1) is 17.6 Å². The number of piperidine rings is 1. The number of carbonyl (C=O) groups is 1. The molecule has 178 valence electrons. The number of ether oxygens (including phenoxy) is 2. The maximum atomic E-state index is 13.2. The number of cyclic esters (lactones) is 1. The van der Waals surface area contributed by atoms with Gasteiger partial charge in [-0.1, -0.05) is 28.1 Å². The van der Waals surface area contributed by atoms with Gasteiger partial charge in [-0.15, -0.1) is 0 Å². The Morgan fingerprint density at radius 2 is 1.91 bits per heavy atom. The standard InChI is InChI=1S/C21H20BrF3N2O5S/c1-31-18-4-2-3-13-12-32-20(28)27(19(13)18)14-7-9-26(10-8-14)33(29,30)15-5-6-17(22)16(11-15)21(23,24)25/h2-6,11-12,14,19H,7-10H2,1H3. The van der Waals surface area contributed by atoms with Gasteiger partial charge in [0.25, 0.3) is 0 Å². The van der Waals surface area contributed by atoms with Crippen LogP contribution in [0.2, 0.25) is 0 Å². The minimum atomic E-state index is -4.70. The molecular weight excluding hydrogens is 529 g/mol. The highest BCUT2D eigenvalue weighted by molar-refractivity contribution is 9.10. The largest absolute Gasteiger partial charge is 0.499 e. The van der Waals surface area contributed by atoms with E-state index in [4.69, 9.17) is 9.47 Å². The number of methoxy groups -OCH3 is 1. The average molecular weight is 549 g/mol. The number of fused-ring (bicyclic) bond motifs is 1. The summed E-state index contributed by atoms with van der Waals surface area (Å²) in [6.07, 6.45) is 2.03. The highest BCUT2D eigenvalue weighted by Crippen LogP contribution is 2.38. The van der Waals surface area contributed by atoms with Crippen LogP contribution in [0.5, 0.6) is 0 Å². The topological polar surface area (TPSA) is 76.2 Å². The third-order valence-electron chi connectivity index (χ3n) is 5.85. The van der Waals surface area contributed by atoms with Gasteiger partial charge in [-0.3, -0.25) is 4.90 Å². The number of hydrogen-bond acceptors (Lipinski definition) is 5. The lowest BCUT2D eigenvalue weighted by molar-refractivity contribution is -0.138. The summed E-state index contributed by atoms with van der Waals surface area (Å²) < 4.78 is 77.3. The number of amides is 1. The normalized spacial score (nSPS) is 22.4. The molecule has 4 rings (SSSR count). The van der Waals surface area contributed by atoms with Crippen LogP contribution in [0.1, 0.15) is 18.4 Å². The summed E-state index contributed by atoms with van der Waals surface area (Å²) in [5.41, 5.74) is -0.323. The monoisotopic (exact) mass is 548 g/mol. The Labute approximate surface area is 197 Å². The summed E-state index contributed by atoms with van der Waals surface area (Å²) in [6.45, 7) is 0.0870. The second-order valence-corrected chi connectivity index (χ2v) is 10.5. The van der Waals surface area contributed by atoms with Gasteiger partial charge >= 0.3 is 12.3 Å². The molecule has 7 nitrogen and oxygen atoms in total. The minimum Gasteiger partial charge on any atom is -0.499 e. The Bertz CT molecular complexity index is 1150. The van der Waals surface area contributed by atoms with E-state index in [1.165, 1.54) is 13.4 Å². The molecule has 2 aliphatic heterocycles. The van der Waals surface area contributed by atoms with Gasteiger partial charge in [-0.25, -0.2) is 13.2 Å². The molecule has 1 aromatic carbocycles. The zero-order valence-electron chi connectivity index (χ0n) is 17.4. The lowest BCUT2D eigenvalue weighted by atomic mass is 9.94. The lowest BCUT2D eigenvalue weighted by Gasteiger charge is -2.43. The Balaban J connectivity index is 1.53. The van der Waals surface area contributed by atoms with Crippen molar-refractivity contribution >= 4 is 32.0 Å². The summed E-state index contributed by atoms with van der Waals surface area (Å²) in [7, 11) is -2.65. The lowest BCUT2D eigenvalue weighted by Crippen LogP contribution is -2.55. The fourth-order valence-electron chi connectivity index (χ4n) is 4.22. The summed E-state index contributed by atoms with van der Waals surface area (Å²) in [6, 6.07) is 2.04. The van der Waals surface area contributed by atoms with E-state index in [2.05, 4.69) is 15.9 Å². The van der Waals surface area contributed by atoms with Crippen LogP contribution in [0.3, 0.4) is 0 Å². The van der Waals surface area contributed by atoms with E-state index in [0.717, 1.165) is 22.0 Å². The molecule has 1 atom stereocenters. The molecule has 0 radical (unpaired) electrons. The number of benzene rings is 1. The molecule has 33 heavy (non-hydrogen) atoms. The van der Waals surface area contributed by atoms with Gasteiger partial charge in [0.15, 0.2) is 0 Å². The first-order valence-electron chi connectivity index (χ1n) is 10.0. The van der Waals surface area contributed by atoms with Crippen molar-refractivity contribution in [3.05, 3.63) is 64.1 Å². The van der Waals surface area contributed by atoms with Gasteiger partial charge in [0.2, 0.25) is 10.0 Å². The SMILES string of the molecule is COC1=CC=CC2=COC(=O)N(C3CCN(S(=O)(=O)c4ccc(Br)c(C(F)(F)F)c4)CC3)C21. The number of halogens is 4. The first kappa shape index (κ1) is 23.8. The van der Waals surface area contributed by atoms with Crippen molar-refractivity contribution in [1.82, 2.24) is 9.21 Å². The van der Waals surface area contributed by atoms with Crippen LogP contribution in [0, 0.1) is 0 Å². The molecule has 2 heterocycles. The molecule has 3 aliphatic rings. The second-order valence-electron chi connectivity index (χ2n) is 7.72. The first-order chi connectivity index (χ1) is 15.5. The van der Waals surface area contributed by atoms with E-state index in [9.17, 15) is 26.4 Å². The summed E-state index contributed by atoms with van der Waals surface area (Å²) in [5, 5.41) is 0. The van der Waals surface area contributed by atoms with Gasteiger partial charge in [0.1, 0.15) is 18.1 Å². The molecule has 1 amide bonds. The zero-order chi connectivity index (χ0) is 24.0. The molecule has 1 aromatic rings. The first-order valence-corrected chi connectivity index (χ1v) is 12.3. The molecule has 1 fully saturated rings. The van der Waals surface area contributed by atoms with Crippen molar-refractivity contribution in [2.24, 2.45) is 0 Å². The average Bonchev–Trinajstić information content (AvgIpc) is 2.78. The van der Waals surface area contributed by atoms with Gasteiger partial charge in [0, 0.05) is 29.2 Å². The Morgan fingerprint density at radius 1 is 1.21 bits per heavy atom. The van der Waals surface area contributed by atoms with Crippen molar-refractivity contribution in [3.63, 3.8) is 0 Å². The number of allylic oxidation sites excluding steroid dienone is 2. The number of nitrogens with zero attached hydrogens (tertiary/aromatic N) is 2. The van der Waals surface area contributed by atoms with Crippen molar-refractivity contribution in [3.8, 4) is 0 Å². The molecule has 0 spiro atoms. The number of alkyl halides is 3. The maximum absolute atomic E-state index is 13.2. The molecule has 12 heteroatoms. The molecule has 1 aliphatic carbocycles. The van der Waals surface area contributed by atoms with E-state index >= 15 is 0 Å². The van der Waals surface area contributed by atoms with Crippen molar-refractivity contribution < 1.29 is 35.9 Å². The highest BCUT2D eigenvalue weighted by atomic mass is 79.9. The smallest absolute Gasteiger partial charge is 0.417 e. The van der Waals surface area contributed by atoms with Crippen LogP contribution in [-0.4, -0.2) is 56.0 Å². The number of carbonyl (C=O) groups excluding carboxylic acids is 1. The van der Waals surface area contributed by atoms with Crippen LogP contribution >= 0.6 is 15.9 Å². The van der Waals surface area contributed by atoms with Crippen LogP contribution < -0.4 is 0 Å². The van der Waals surface area contributed by atoms with E-state index < -0.39 is 38.8 Å². The predicted molar refractivity (Wildman–Crippen MR) is 115 cm³/mol. The summed E-state index contributed by atoms with van der Waals surface area (Å²) in [5.74, 6) is 0.560. The summed E-state index contributed by atoms with van der Waals surface area (Å²) in [4.78, 5) is 13.7. The Kier molecular flexibility index (Phi) is 6.36. The van der Waals surface area contributed by atoms with E-state index in [0.29, 0.717) is 24.7 Å². The van der Waals surface area contributed by atoms with Crippen molar-refractivity contribution in [1.29, 1.82) is 0 Å². The van der Waals surface area contributed by atoms with E-state index in [-0.39, 0.29) is 23.6 Å². The fraction of sp³-hybridized carbons (Fsp3) is 0.381. The molecule has 0 bridgehead atoms. The molecular formula is C21H20BrF3N2O5S. The minimum absolute atomic E-state index is 0.0435. The summed E-state index contributed by atoms with van der Waals surface area (Å²) >= 11 is 2.82. The second kappa shape index (κ2) is 8.80. The molecule has 1 unspecified atom stereocenters. The van der Waals surface area contributed by atoms with Gasteiger partial charge in [-0.05, 0) is 37.1 Å². The van der Waals surface area contributed by atoms with Gasteiger partial charge < -0.3 is 9.47 Å². The van der Waals surface area contributed by atoms with Crippen LogP contribution in [0.4, 0.5) is 18.0 Å². The number of hydrogen-bond donors (Lipinski definition) is 0. The third-order valence-corrected chi connectivity index (χ3v) is 8.44. The molecule has 0 aromatic heterocycles. The van der Waals surface area contributed by atoms with Crippen LogP contribution in [0.15, 0.2) is 63.4 Å². The van der Waals surface area contributed by atoms with E-state index in [1.54, 1.807) is 23.1 Å². The van der Waals surface area contributed by atoms with Crippen LogP contribution in [-0.2, 0) is 25.7 Å². The van der Waals surface area contributed by atoms with E-state index in [1.807, 2.05) is 0 Å². The van der Waals surface area contributed by atoms with Crippen LogP contribution in [0.25, 0.3) is 0 Å². The molecule has 0 N–H and O–H groups in total. The number of rotatable bonds is 4. The number of sulfonamides is 1. The van der Waals surface area contributed by atoms with Crippen molar-refractivity contribution in [2.75, 3.05) is 20.2 Å². The van der Waals surface area contributed by atoms with Gasteiger partial charge in [-0.2, -0.15) is 17.5 Å². The predicted octanol–water partition coefficient (Wildman–Crippen LogP) is 4.43. The third kappa shape index (κ3) is 4.43. The quantitative estimate of drug-likeness (QED) is 0.556.